The first-order chi connectivity index (χ1) is 9.65. The summed E-state index contributed by atoms with van der Waals surface area (Å²) in [4.78, 5) is 13.7. The number of nitrogens with one attached hydrogen (secondary N) is 1. The van der Waals surface area contributed by atoms with E-state index in [0.29, 0.717) is 17.5 Å². The number of anilines is 1. The largest absolute Gasteiger partial charge is 0.390 e. The fourth-order valence-electron chi connectivity index (χ4n) is 3.12. The smallest absolute Gasteiger partial charge is 0.254 e. The summed E-state index contributed by atoms with van der Waals surface area (Å²) in [5, 5.41) is 3.67. The molecule has 2 aliphatic rings. The lowest BCUT2D eigenvalue weighted by Gasteiger charge is -2.19. The van der Waals surface area contributed by atoms with Gasteiger partial charge in [0.1, 0.15) is 0 Å². The molecule has 0 bridgehead atoms. The molecule has 0 aromatic carbocycles. The normalized spacial score (nSPS) is 25.4. The third-order valence-electron chi connectivity index (χ3n) is 4.28. The first-order valence-electron chi connectivity index (χ1n) is 7.45. The molecule has 3 N–H and O–H groups in total. The van der Waals surface area contributed by atoms with E-state index in [1.807, 2.05) is 0 Å². The summed E-state index contributed by atoms with van der Waals surface area (Å²) in [6, 6.07) is 0. The van der Waals surface area contributed by atoms with Crippen LogP contribution in [0.4, 0.5) is 5.00 Å². The lowest BCUT2D eigenvalue weighted by molar-refractivity contribution is 0.0858. The highest BCUT2D eigenvalue weighted by atomic mass is 32.1. The quantitative estimate of drug-likeness (QED) is 0.899. The Morgan fingerprint density at radius 3 is 3.10 bits per heavy atom. The van der Waals surface area contributed by atoms with Crippen LogP contribution in [0.3, 0.4) is 0 Å². The van der Waals surface area contributed by atoms with E-state index < -0.39 is 0 Å². The maximum atomic E-state index is 12.4. The first kappa shape index (κ1) is 13.9. The zero-order valence-electron chi connectivity index (χ0n) is 11.9. The number of nitrogen functional groups attached to an aromatic ring is 1. The number of carbonyl (C=O) groups excluding carboxylic acids is 1. The molecule has 1 aliphatic heterocycles. The maximum Gasteiger partial charge on any atom is 0.254 e. The molecule has 1 aliphatic carbocycles. The van der Waals surface area contributed by atoms with Gasteiger partial charge in [-0.25, -0.2) is 0 Å². The van der Waals surface area contributed by atoms with Crippen molar-refractivity contribution < 1.29 is 9.53 Å². The SMILES string of the molecule is CC1CCc2c(sc(N)c2C(=O)NCC2CCCO2)C1. The van der Waals surface area contributed by atoms with Crippen LogP contribution in [-0.4, -0.2) is 25.2 Å². The fourth-order valence-corrected chi connectivity index (χ4v) is 4.40. The topological polar surface area (TPSA) is 64.4 Å². The average Bonchev–Trinajstić information content (AvgIpc) is 3.02. The van der Waals surface area contributed by atoms with Gasteiger partial charge in [-0.1, -0.05) is 6.92 Å². The molecule has 0 saturated carbocycles. The van der Waals surface area contributed by atoms with Crippen LogP contribution in [0.25, 0.3) is 0 Å². The van der Waals surface area contributed by atoms with Crippen molar-refractivity contribution in [2.45, 2.75) is 45.1 Å². The van der Waals surface area contributed by atoms with Gasteiger partial charge in [-0.15, -0.1) is 11.3 Å². The number of nitrogens with two attached hydrogens (primary N) is 1. The lowest BCUT2D eigenvalue weighted by atomic mass is 9.88. The number of rotatable bonds is 3. The van der Waals surface area contributed by atoms with Gasteiger partial charge >= 0.3 is 0 Å². The van der Waals surface area contributed by atoms with Gasteiger partial charge in [0.05, 0.1) is 16.7 Å². The van der Waals surface area contributed by atoms with Gasteiger partial charge in [-0.2, -0.15) is 0 Å². The minimum atomic E-state index is -0.0231. The third kappa shape index (κ3) is 2.69. The van der Waals surface area contributed by atoms with Crippen LogP contribution >= 0.6 is 11.3 Å². The Labute approximate surface area is 123 Å². The van der Waals surface area contributed by atoms with Crippen molar-refractivity contribution in [3.8, 4) is 0 Å². The van der Waals surface area contributed by atoms with Crippen LogP contribution in [0.2, 0.25) is 0 Å². The van der Waals surface area contributed by atoms with E-state index in [2.05, 4.69) is 12.2 Å². The number of hydrogen-bond acceptors (Lipinski definition) is 4. The van der Waals surface area contributed by atoms with Gasteiger partial charge in [0.15, 0.2) is 0 Å². The molecule has 1 amide bonds. The van der Waals surface area contributed by atoms with Crippen LogP contribution in [0.5, 0.6) is 0 Å². The minimum Gasteiger partial charge on any atom is -0.390 e. The molecular formula is C15H22N2O2S. The number of thiophene rings is 1. The summed E-state index contributed by atoms with van der Waals surface area (Å²) >= 11 is 1.59. The molecule has 1 aromatic rings. The number of fused-ring (bicyclic) bond motifs is 1. The second kappa shape index (κ2) is 5.74. The summed E-state index contributed by atoms with van der Waals surface area (Å²) in [5.74, 6) is 0.674. The molecule has 1 saturated heterocycles. The van der Waals surface area contributed by atoms with Crippen molar-refractivity contribution in [3.63, 3.8) is 0 Å². The summed E-state index contributed by atoms with van der Waals surface area (Å²) in [6.45, 7) is 3.67. The van der Waals surface area contributed by atoms with Gasteiger partial charge < -0.3 is 15.8 Å². The van der Waals surface area contributed by atoms with E-state index >= 15 is 0 Å². The van der Waals surface area contributed by atoms with Crippen LogP contribution in [0, 0.1) is 5.92 Å². The van der Waals surface area contributed by atoms with Crippen LogP contribution in [-0.2, 0) is 17.6 Å². The summed E-state index contributed by atoms with van der Waals surface area (Å²) in [7, 11) is 0. The second-order valence-corrected chi connectivity index (χ2v) is 7.07. The Morgan fingerprint density at radius 2 is 2.35 bits per heavy atom. The van der Waals surface area contributed by atoms with Gasteiger partial charge in [-0.3, -0.25) is 4.79 Å². The number of ether oxygens (including phenoxy) is 1. The highest BCUT2D eigenvalue weighted by Gasteiger charge is 2.27. The molecular weight excluding hydrogens is 272 g/mol. The molecule has 1 fully saturated rings. The van der Waals surface area contributed by atoms with Crippen molar-refractivity contribution in [3.05, 3.63) is 16.0 Å². The molecule has 110 valence electrons. The molecule has 0 spiro atoms. The predicted octanol–water partition coefficient (Wildman–Crippen LogP) is 2.36. The third-order valence-corrected chi connectivity index (χ3v) is 5.36. The number of carbonyl (C=O) groups is 1. The van der Waals surface area contributed by atoms with Gasteiger partial charge in [0.2, 0.25) is 0 Å². The van der Waals surface area contributed by atoms with Gasteiger partial charge in [0.25, 0.3) is 5.91 Å². The van der Waals surface area contributed by atoms with Crippen molar-refractivity contribution in [2.75, 3.05) is 18.9 Å². The molecule has 1 aromatic heterocycles. The molecule has 20 heavy (non-hydrogen) atoms. The van der Waals surface area contributed by atoms with Crippen molar-refractivity contribution in [1.82, 2.24) is 5.32 Å². The minimum absolute atomic E-state index is 0.0231. The Hall–Kier alpha value is -1.07. The van der Waals surface area contributed by atoms with Crippen molar-refractivity contribution in [2.24, 2.45) is 5.92 Å². The first-order valence-corrected chi connectivity index (χ1v) is 8.26. The summed E-state index contributed by atoms with van der Waals surface area (Å²) < 4.78 is 5.53. The second-order valence-electron chi connectivity index (χ2n) is 5.94. The Kier molecular flexibility index (Phi) is 3.98. The van der Waals surface area contributed by atoms with E-state index in [1.54, 1.807) is 11.3 Å². The zero-order chi connectivity index (χ0) is 14.1. The van der Waals surface area contributed by atoms with Crippen LogP contribution < -0.4 is 11.1 Å². The highest BCUT2D eigenvalue weighted by molar-refractivity contribution is 7.16. The standard InChI is InChI=1S/C15H22N2O2S/c1-9-4-5-11-12(7-9)20-14(16)13(11)15(18)17-8-10-3-2-6-19-10/h9-10H,2-8,16H2,1H3,(H,17,18). The molecule has 4 nitrogen and oxygen atoms in total. The van der Waals surface area contributed by atoms with E-state index in [9.17, 15) is 4.79 Å². The molecule has 2 unspecified atom stereocenters. The Morgan fingerprint density at radius 1 is 1.50 bits per heavy atom. The lowest BCUT2D eigenvalue weighted by Crippen LogP contribution is -2.32. The summed E-state index contributed by atoms with van der Waals surface area (Å²) in [6.07, 6.45) is 5.49. The molecule has 2 atom stereocenters. The molecule has 2 heterocycles. The van der Waals surface area contributed by atoms with E-state index in [0.717, 1.165) is 44.3 Å². The van der Waals surface area contributed by atoms with Crippen molar-refractivity contribution in [1.29, 1.82) is 0 Å². The average molecular weight is 294 g/mol. The van der Waals surface area contributed by atoms with Crippen LogP contribution in [0.15, 0.2) is 0 Å². The fraction of sp³-hybridized carbons (Fsp3) is 0.667. The monoisotopic (exact) mass is 294 g/mol. The van der Waals surface area contributed by atoms with E-state index in [-0.39, 0.29) is 12.0 Å². The van der Waals surface area contributed by atoms with E-state index in [1.165, 1.54) is 10.4 Å². The molecule has 0 radical (unpaired) electrons. The van der Waals surface area contributed by atoms with Gasteiger partial charge in [-0.05, 0) is 43.6 Å². The number of hydrogen-bond donors (Lipinski definition) is 2. The van der Waals surface area contributed by atoms with Gasteiger partial charge in [0, 0.05) is 18.0 Å². The summed E-state index contributed by atoms with van der Waals surface area (Å²) in [5.41, 5.74) is 8.00. The Balaban J connectivity index is 1.71. The molecule has 3 rings (SSSR count). The number of amides is 1. The zero-order valence-corrected chi connectivity index (χ0v) is 12.7. The van der Waals surface area contributed by atoms with Crippen molar-refractivity contribution >= 4 is 22.2 Å². The highest BCUT2D eigenvalue weighted by Crippen LogP contribution is 2.37. The maximum absolute atomic E-state index is 12.4. The Bertz CT molecular complexity index is 506. The predicted molar refractivity (Wildman–Crippen MR) is 81.2 cm³/mol. The molecule has 5 heteroatoms. The van der Waals surface area contributed by atoms with Crippen LogP contribution in [0.1, 0.15) is 47.0 Å². The van der Waals surface area contributed by atoms with E-state index in [4.69, 9.17) is 10.5 Å².